The first-order chi connectivity index (χ1) is 22.7. The zero-order valence-electron chi connectivity index (χ0n) is 28.8. The normalized spacial score (nSPS) is 39.3. The van der Waals surface area contributed by atoms with Crippen molar-refractivity contribution < 1.29 is 29.6 Å². The molecule has 2 heterocycles. The van der Waals surface area contributed by atoms with E-state index in [0.717, 1.165) is 70.9 Å². The Bertz CT molecular complexity index is 1080. The number of carbonyl (C=O) groups excluding carboxylic acids is 2. The van der Waals surface area contributed by atoms with E-state index in [1.165, 1.54) is 6.42 Å². The van der Waals surface area contributed by atoms with Crippen molar-refractivity contribution in [1.29, 1.82) is 0 Å². The Morgan fingerprint density at radius 3 is 2.51 bits per heavy atom. The first kappa shape index (κ1) is 36.9. The van der Waals surface area contributed by atoms with Gasteiger partial charge >= 0.3 is 0 Å². The van der Waals surface area contributed by atoms with Gasteiger partial charge in [-0.2, -0.15) is 0 Å². The van der Waals surface area contributed by atoms with Gasteiger partial charge in [-0.15, -0.1) is 0 Å². The number of Topliss-reactive ketones (excluding diaryl/α,β-unsaturated/α-hetero) is 2. The number of aliphatic hydroxyl groups excluding tert-OH is 3. The van der Waals surface area contributed by atoms with Crippen molar-refractivity contribution in [2.45, 2.75) is 152 Å². The van der Waals surface area contributed by atoms with Gasteiger partial charge in [-0.3, -0.25) is 9.59 Å². The molecule has 0 aromatic heterocycles. The van der Waals surface area contributed by atoms with E-state index in [4.69, 9.17) is 10.5 Å². The number of nitrogens with two attached hydrogens (primary N) is 1. The lowest BCUT2D eigenvalue weighted by molar-refractivity contribution is -0.125. The van der Waals surface area contributed by atoms with Crippen LogP contribution < -0.4 is 16.4 Å². The molecule has 0 spiro atoms. The summed E-state index contributed by atoms with van der Waals surface area (Å²) in [5, 5.41) is 40.1. The molecule has 6 unspecified atom stereocenters. The lowest BCUT2D eigenvalue weighted by atomic mass is 9.68. The summed E-state index contributed by atoms with van der Waals surface area (Å²) in [4.78, 5) is 25.3. The third kappa shape index (κ3) is 10.6. The Kier molecular flexibility index (Phi) is 14.2. The number of piperidine rings is 2. The summed E-state index contributed by atoms with van der Waals surface area (Å²) in [5.41, 5.74) is 6.08. The van der Waals surface area contributed by atoms with Gasteiger partial charge < -0.3 is 36.4 Å². The maximum absolute atomic E-state index is 13.5. The first-order valence-electron chi connectivity index (χ1n) is 19.0. The fourth-order valence-corrected chi connectivity index (χ4v) is 9.62. The van der Waals surface area contributed by atoms with Crippen molar-refractivity contribution in [3.05, 3.63) is 0 Å². The summed E-state index contributed by atoms with van der Waals surface area (Å²) in [7, 11) is 1.64. The van der Waals surface area contributed by atoms with Gasteiger partial charge in [-0.1, -0.05) is 24.7 Å². The number of carbonyl (C=O) groups is 2. The predicted molar refractivity (Wildman–Crippen MR) is 182 cm³/mol. The number of nitrogens with one attached hydrogen (secondary N) is 2. The van der Waals surface area contributed by atoms with E-state index in [1.54, 1.807) is 7.11 Å². The summed E-state index contributed by atoms with van der Waals surface area (Å²) in [5.74, 6) is 8.51. The molecule has 0 bridgehead atoms. The van der Waals surface area contributed by atoms with Gasteiger partial charge in [-0.05, 0) is 126 Å². The lowest BCUT2D eigenvalue weighted by Gasteiger charge is -2.41. The summed E-state index contributed by atoms with van der Waals surface area (Å²) >= 11 is 0. The van der Waals surface area contributed by atoms with Crippen molar-refractivity contribution in [3.8, 4) is 11.8 Å². The van der Waals surface area contributed by atoms with Crippen molar-refractivity contribution in [1.82, 2.24) is 10.6 Å². The number of unbranched alkanes of at least 4 members (excludes halogenated alkanes) is 1. The molecule has 0 amide bonds. The highest BCUT2D eigenvalue weighted by Gasteiger charge is 2.41. The Labute approximate surface area is 282 Å². The SMILES string of the molecule is COC1CC2CCC(=O)[C@@H]([C@H](O)CCCC[C@H]3CN[C@@H]4CC(=O)CC[C@H]4C3)C#C[C@@H](CC[C@H](O)CCC3CCNC(N)C3)C2CC1O. The highest BCUT2D eigenvalue weighted by atomic mass is 16.5. The molecule has 0 aromatic carbocycles. The van der Waals surface area contributed by atoms with Crippen LogP contribution in [0.5, 0.6) is 0 Å². The fourth-order valence-electron chi connectivity index (χ4n) is 9.62. The van der Waals surface area contributed by atoms with Crippen LogP contribution in [0.3, 0.4) is 0 Å². The number of aliphatic hydroxyl groups is 3. The number of ketones is 2. The van der Waals surface area contributed by atoms with E-state index in [1.807, 2.05) is 0 Å². The van der Waals surface area contributed by atoms with Crippen LogP contribution in [0.25, 0.3) is 0 Å². The molecule has 0 radical (unpaired) electrons. The molecular formula is C38H63N3O6. The molecule has 7 N–H and O–H groups in total. The maximum Gasteiger partial charge on any atom is 0.150 e. The number of methoxy groups -OCH3 is 1. The van der Waals surface area contributed by atoms with Crippen LogP contribution in [0.4, 0.5) is 0 Å². The van der Waals surface area contributed by atoms with Gasteiger partial charge in [0, 0.05) is 38.3 Å². The van der Waals surface area contributed by atoms with E-state index < -0.39 is 24.2 Å². The van der Waals surface area contributed by atoms with E-state index in [2.05, 4.69) is 22.5 Å². The van der Waals surface area contributed by atoms with Crippen LogP contribution in [0.1, 0.15) is 116 Å². The van der Waals surface area contributed by atoms with Gasteiger partial charge in [0.05, 0.1) is 30.6 Å². The fraction of sp³-hybridized carbons (Fsp3) is 0.895. The zero-order chi connectivity index (χ0) is 33.3. The van der Waals surface area contributed by atoms with E-state index >= 15 is 0 Å². The van der Waals surface area contributed by atoms with Crippen LogP contribution in [0.15, 0.2) is 0 Å². The number of hydrogen-bond acceptors (Lipinski definition) is 9. The van der Waals surface area contributed by atoms with E-state index in [0.29, 0.717) is 80.9 Å². The molecule has 0 aromatic rings. The number of fused-ring (bicyclic) bond motifs is 2. The topological polar surface area (TPSA) is 154 Å². The molecule has 2 saturated heterocycles. The minimum atomic E-state index is -0.784. The smallest absolute Gasteiger partial charge is 0.150 e. The first-order valence-corrected chi connectivity index (χ1v) is 19.0. The Hall–Kier alpha value is -1.38. The number of hydrogen-bond donors (Lipinski definition) is 6. The second kappa shape index (κ2) is 18.0. The van der Waals surface area contributed by atoms with Crippen molar-refractivity contribution in [2.75, 3.05) is 20.2 Å². The number of ether oxygens (including phenoxy) is 1. The highest BCUT2D eigenvalue weighted by Crippen LogP contribution is 2.42. The molecule has 4 fully saturated rings. The minimum absolute atomic E-state index is 0.0269. The van der Waals surface area contributed by atoms with Crippen LogP contribution in [-0.4, -0.2) is 83.7 Å². The molecule has 266 valence electrons. The third-order valence-corrected chi connectivity index (χ3v) is 12.6. The van der Waals surface area contributed by atoms with Crippen LogP contribution in [0.2, 0.25) is 0 Å². The summed E-state index contributed by atoms with van der Waals surface area (Å²) < 4.78 is 5.62. The van der Waals surface area contributed by atoms with Crippen molar-refractivity contribution in [3.63, 3.8) is 0 Å². The standard InChI is InChI=1S/C38H63N3O6/c1-47-37-20-27-10-15-35(45)31(34(44)5-3-2-4-25-18-28-8-13-30(43)21-33(28)41-23-25)14-9-26(32(27)22-36(37)46)7-12-29(42)11-6-24-16-17-40-38(39)19-24/h24-29,31-34,36-38,40-42,44,46H,2-8,10-13,15-23,39H2,1H3/t24?,25-,26-,27?,28+,29-,31-,32?,33-,34-,36?,37?,38?/m1/s1. The molecule has 5 rings (SSSR count). The van der Waals surface area contributed by atoms with Crippen molar-refractivity contribution in [2.24, 2.45) is 47.2 Å². The number of rotatable bonds is 13. The molecule has 9 heteroatoms. The van der Waals surface area contributed by atoms with E-state index in [9.17, 15) is 24.9 Å². The second-order valence-electron chi connectivity index (χ2n) is 15.9. The van der Waals surface area contributed by atoms with Gasteiger partial charge in [-0.25, -0.2) is 0 Å². The highest BCUT2D eigenvalue weighted by molar-refractivity contribution is 5.84. The van der Waals surface area contributed by atoms with E-state index in [-0.39, 0.29) is 35.8 Å². The molecule has 47 heavy (non-hydrogen) atoms. The summed E-state index contributed by atoms with van der Waals surface area (Å²) in [6.07, 6.45) is 12.7. The largest absolute Gasteiger partial charge is 0.393 e. The zero-order valence-corrected chi connectivity index (χ0v) is 28.8. The van der Waals surface area contributed by atoms with Crippen LogP contribution in [0, 0.1) is 53.3 Å². The summed E-state index contributed by atoms with van der Waals surface area (Å²) in [6.45, 7) is 1.90. The van der Waals surface area contributed by atoms with Crippen molar-refractivity contribution >= 4 is 11.6 Å². The molecule has 5 aliphatic rings. The van der Waals surface area contributed by atoms with Crippen LogP contribution >= 0.6 is 0 Å². The minimum Gasteiger partial charge on any atom is -0.393 e. The summed E-state index contributed by atoms with van der Waals surface area (Å²) in [6, 6.07) is 0.362. The molecular weight excluding hydrogens is 594 g/mol. The Morgan fingerprint density at radius 2 is 1.70 bits per heavy atom. The molecule has 13 atom stereocenters. The monoisotopic (exact) mass is 657 g/mol. The molecule has 9 nitrogen and oxygen atoms in total. The average Bonchev–Trinajstić information content (AvgIpc) is 3.12. The van der Waals surface area contributed by atoms with Gasteiger partial charge in [0.1, 0.15) is 17.5 Å². The van der Waals surface area contributed by atoms with Gasteiger partial charge in [0.25, 0.3) is 0 Å². The average molecular weight is 658 g/mol. The molecule has 2 aliphatic heterocycles. The Morgan fingerprint density at radius 1 is 0.894 bits per heavy atom. The predicted octanol–water partition coefficient (Wildman–Crippen LogP) is 3.46. The Balaban J connectivity index is 1.15. The third-order valence-electron chi connectivity index (χ3n) is 12.6. The lowest BCUT2D eigenvalue weighted by Crippen LogP contribution is -2.48. The second-order valence-corrected chi connectivity index (χ2v) is 15.9. The molecule has 3 aliphatic carbocycles. The molecule has 2 saturated carbocycles. The van der Waals surface area contributed by atoms with Crippen LogP contribution in [-0.2, 0) is 14.3 Å². The van der Waals surface area contributed by atoms with Gasteiger partial charge in [0.2, 0.25) is 0 Å². The van der Waals surface area contributed by atoms with Gasteiger partial charge in [0.15, 0.2) is 0 Å². The quantitative estimate of drug-likeness (QED) is 0.129. The maximum atomic E-state index is 13.5.